The van der Waals surface area contributed by atoms with Crippen LogP contribution in [0.5, 0.6) is 11.5 Å². The number of amides is 1. The minimum absolute atomic E-state index is 0.0858. The fourth-order valence-corrected chi connectivity index (χ4v) is 2.84. The molecule has 6 heteroatoms. The number of carbonyl (C=O) groups excluding carboxylic acids is 1. The Bertz CT molecular complexity index is 673. The zero-order valence-electron chi connectivity index (χ0n) is 15.0. The van der Waals surface area contributed by atoms with Gasteiger partial charge in [-0.15, -0.1) is 0 Å². The van der Waals surface area contributed by atoms with E-state index in [9.17, 15) is 10.1 Å². The number of nitrogens with one attached hydrogen (secondary N) is 1. The van der Waals surface area contributed by atoms with Crippen LogP contribution in [0.1, 0.15) is 37.8 Å². The first-order valence-corrected chi connectivity index (χ1v) is 8.48. The highest BCUT2D eigenvalue weighted by molar-refractivity contribution is 5.97. The van der Waals surface area contributed by atoms with E-state index in [0.717, 1.165) is 37.9 Å². The van der Waals surface area contributed by atoms with Crippen molar-refractivity contribution in [3.8, 4) is 17.6 Å². The monoisotopic (exact) mass is 343 g/mol. The molecule has 1 aliphatic heterocycles. The van der Waals surface area contributed by atoms with Gasteiger partial charge in [0.1, 0.15) is 11.6 Å². The van der Waals surface area contributed by atoms with Gasteiger partial charge in [-0.2, -0.15) is 5.26 Å². The van der Waals surface area contributed by atoms with E-state index in [1.54, 1.807) is 19.1 Å². The maximum Gasteiger partial charge on any atom is 0.265 e. The summed E-state index contributed by atoms with van der Waals surface area (Å²) in [6.45, 7) is 3.41. The Hall–Kier alpha value is -2.68. The van der Waals surface area contributed by atoms with Gasteiger partial charge in [-0.3, -0.25) is 4.79 Å². The van der Waals surface area contributed by atoms with Gasteiger partial charge in [0.15, 0.2) is 11.5 Å². The van der Waals surface area contributed by atoms with E-state index < -0.39 is 0 Å². The third kappa shape index (κ3) is 4.66. The second-order valence-electron chi connectivity index (χ2n) is 6.03. The second kappa shape index (κ2) is 8.97. The molecule has 1 unspecified atom stereocenters. The molecule has 0 saturated carbocycles. The van der Waals surface area contributed by atoms with E-state index in [2.05, 4.69) is 5.32 Å². The topological polar surface area (TPSA) is 74.6 Å². The third-order valence-electron chi connectivity index (χ3n) is 4.38. The van der Waals surface area contributed by atoms with E-state index in [4.69, 9.17) is 9.47 Å². The minimum Gasteiger partial charge on any atom is -0.493 e. The van der Waals surface area contributed by atoms with Crippen LogP contribution in [0, 0.1) is 11.3 Å². The van der Waals surface area contributed by atoms with Crippen LogP contribution in [0.4, 0.5) is 0 Å². The maximum absolute atomic E-state index is 12.4. The Morgan fingerprint density at radius 2 is 1.92 bits per heavy atom. The molecule has 1 aliphatic rings. The average Bonchev–Trinajstić information content (AvgIpc) is 2.68. The number of rotatable bonds is 6. The van der Waals surface area contributed by atoms with Crippen molar-refractivity contribution in [3.63, 3.8) is 0 Å². The zero-order chi connectivity index (χ0) is 18.2. The molecule has 1 aromatic rings. The zero-order valence-corrected chi connectivity index (χ0v) is 15.0. The van der Waals surface area contributed by atoms with Crippen molar-refractivity contribution in [1.29, 1.82) is 5.26 Å². The number of hydrogen-bond acceptors (Lipinski definition) is 5. The molecule has 0 aliphatic carbocycles. The summed E-state index contributed by atoms with van der Waals surface area (Å²) < 4.78 is 10.5. The largest absolute Gasteiger partial charge is 0.493 e. The summed E-state index contributed by atoms with van der Waals surface area (Å²) in [5, 5.41) is 12.4. The van der Waals surface area contributed by atoms with Gasteiger partial charge in [-0.25, -0.2) is 0 Å². The lowest BCUT2D eigenvalue weighted by atomic mass is 10.1. The summed E-state index contributed by atoms with van der Waals surface area (Å²) in [5.41, 5.74) is 1.10. The summed E-state index contributed by atoms with van der Waals surface area (Å²) in [4.78, 5) is 14.2. The number of nitriles is 1. The van der Waals surface area contributed by atoms with Crippen LogP contribution in [0.3, 0.4) is 0 Å². The summed E-state index contributed by atoms with van der Waals surface area (Å²) >= 11 is 0. The van der Waals surface area contributed by atoms with Crippen LogP contribution in [-0.4, -0.2) is 38.1 Å². The van der Waals surface area contributed by atoms with Gasteiger partial charge in [0.05, 0.1) is 14.2 Å². The van der Waals surface area contributed by atoms with Crippen LogP contribution < -0.4 is 14.8 Å². The molecular weight excluding hydrogens is 318 g/mol. The van der Waals surface area contributed by atoms with Crippen molar-refractivity contribution in [2.45, 2.75) is 32.2 Å². The number of likely N-dealkylation sites (tertiary alicyclic amines) is 1. The van der Waals surface area contributed by atoms with E-state index in [1.807, 2.05) is 31.2 Å². The van der Waals surface area contributed by atoms with Crippen LogP contribution in [0.2, 0.25) is 0 Å². The molecule has 1 fully saturated rings. The van der Waals surface area contributed by atoms with Gasteiger partial charge in [0.25, 0.3) is 5.91 Å². The Balaban J connectivity index is 2.07. The number of hydrogen-bond donors (Lipinski definition) is 1. The molecular formula is C19H25N3O3. The van der Waals surface area contributed by atoms with Crippen molar-refractivity contribution in [1.82, 2.24) is 10.2 Å². The molecule has 134 valence electrons. The second-order valence-corrected chi connectivity index (χ2v) is 6.03. The Labute approximate surface area is 149 Å². The lowest BCUT2D eigenvalue weighted by Crippen LogP contribution is -2.36. The molecule has 1 N–H and O–H groups in total. The molecule has 1 atom stereocenters. The lowest BCUT2D eigenvalue weighted by Gasteiger charge is -2.26. The van der Waals surface area contributed by atoms with Crippen molar-refractivity contribution in [2.75, 3.05) is 27.3 Å². The summed E-state index contributed by atoms with van der Waals surface area (Å²) in [5.74, 6) is 1.10. The van der Waals surface area contributed by atoms with E-state index in [1.165, 1.54) is 6.20 Å². The highest BCUT2D eigenvalue weighted by Gasteiger charge is 2.20. The molecule has 1 heterocycles. The predicted molar refractivity (Wildman–Crippen MR) is 95.2 cm³/mol. The van der Waals surface area contributed by atoms with Gasteiger partial charge in [-0.05, 0) is 43.9 Å². The van der Waals surface area contributed by atoms with Crippen molar-refractivity contribution < 1.29 is 14.3 Å². The molecule has 0 aromatic heterocycles. The number of ether oxygens (including phenoxy) is 2. The highest BCUT2D eigenvalue weighted by Crippen LogP contribution is 2.29. The van der Waals surface area contributed by atoms with Crippen LogP contribution in [0.15, 0.2) is 30.0 Å². The number of nitrogens with zero attached hydrogens (tertiary/aromatic N) is 2. The highest BCUT2D eigenvalue weighted by atomic mass is 16.5. The Kier molecular flexibility index (Phi) is 6.70. The maximum atomic E-state index is 12.4. The molecule has 1 aromatic carbocycles. The first-order chi connectivity index (χ1) is 12.1. The van der Waals surface area contributed by atoms with Crippen molar-refractivity contribution in [3.05, 3.63) is 35.5 Å². The molecule has 1 amide bonds. The van der Waals surface area contributed by atoms with Crippen LogP contribution >= 0.6 is 0 Å². The molecule has 6 nitrogen and oxygen atoms in total. The van der Waals surface area contributed by atoms with E-state index in [0.29, 0.717) is 11.5 Å². The fraction of sp³-hybridized carbons (Fsp3) is 0.474. The van der Waals surface area contributed by atoms with Crippen LogP contribution in [0.25, 0.3) is 0 Å². The molecule has 0 spiro atoms. The number of methoxy groups -OCH3 is 2. The standard InChI is InChI=1S/C19H25N3O3/c1-14(15-7-8-17(24-2)18(11-15)25-3)21-13-16(12-20)19(23)22-9-5-4-6-10-22/h7-8,11,13-14,21H,4-6,9-10H2,1-3H3/b16-13-. The molecule has 1 saturated heterocycles. The molecule has 0 bridgehead atoms. The quantitative estimate of drug-likeness (QED) is 0.635. The van der Waals surface area contributed by atoms with Crippen LogP contribution in [-0.2, 0) is 4.79 Å². The third-order valence-corrected chi connectivity index (χ3v) is 4.38. The van der Waals surface area contributed by atoms with Gasteiger partial charge in [-0.1, -0.05) is 6.07 Å². The molecule has 2 rings (SSSR count). The van der Waals surface area contributed by atoms with E-state index in [-0.39, 0.29) is 17.5 Å². The lowest BCUT2D eigenvalue weighted by molar-refractivity contribution is -0.127. The van der Waals surface area contributed by atoms with Crippen molar-refractivity contribution in [2.24, 2.45) is 0 Å². The molecule has 25 heavy (non-hydrogen) atoms. The van der Waals surface area contributed by atoms with Gasteiger partial charge < -0.3 is 19.7 Å². The first kappa shape index (κ1) is 18.7. The SMILES string of the molecule is COc1ccc(C(C)N/C=C(/C#N)C(=O)N2CCCCC2)cc1OC. The van der Waals surface area contributed by atoms with Crippen molar-refractivity contribution >= 4 is 5.91 Å². The first-order valence-electron chi connectivity index (χ1n) is 8.48. The minimum atomic E-state index is -0.200. The fourth-order valence-electron chi connectivity index (χ4n) is 2.84. The smallest absolute Gasteiger partial charge is 0.265 e. The number of piperidine rings is 1. The van der Waals surface area contributed by atoms with Gasteiger partial charge in [0.2, 0.25) is 0 Å². The predicted octanol–water partition coefficient (Wildman–Crippen LogP) is 2.77. The number of benzene rings is 1. The normalized spacial score (nSPS) is 15.9. The summed E-state index contributed by atoms with van der Waals surface area (Å²) in [6, 6.07) is 7.56. The van der Waals surface area contributed by atoms with Gasteiger partial charge >= 0.3 is 0 Å². The Morgan fingerprint density at radius 3 is 2.52 bits per heavy atom. The van der Waals surface area contributed by atoms with Gasteiger partial charge in [0, 0.05) is 25.3 Å². The number of carbonyl (C=O) groups is 1. The molecule has 0 radical (unpaired) electrons. The van der Waals surface area contributed by atoms with E-state index >= 15 is 0 Å². The Morgan fingerprint density at radius 1 is 1.24 bits per heavy atom. The average molecular weight is 343 g/mol. The summed E-state index contributed by atoms with van der Waals surface area (Å²) in [7, 11) is 3.18. The summed E-state index contributed by atoms with van der Waals surface area (Å²) in [6.07, 6.45) is 4.65.